The van der Waals surface area contributed by atoms with Crippen molar-refractivity contribution in [2.45, 2.75) is 20.3 Å². The van der Waals surface area contributed by atoms with Gasteiger partial charge in [-0.3, -0.25) is 4.79 Å². The molecule has 8 heavy (non-hydrogen) atoms. The van der Waals surface area contributed by atoms with Crippen LogP contribution in [-0.4, -0.2) is 5.91 Å². The first-order chi connectivity index (χ1) is 3.68. The van der Waals surface area contributed by atoms with Crippen molar-refractivity contribution < 1.29 is 4.79 Å². The largest absolute Gasteiger partial charge is 0.366 e. The molecule has 0 fully saturated rings. The van der Waals surface area contributed by atoms with Gasteiger partial charge in [0.05, 0.1) is 0 Å². The number of hydrogen-bond donors (Lipinski definition) is 1. The van der Waals surface area contributed by atoms with Gasteiger partial charge in [0.15, 0.2) is 0 Å². The monoisotopic (exact) mass is 113 g/mol. The normalized spacial score (nSPS) is 11.5. The molecule has 0 aromatic rings. The molecule has 0 atom stereocenters. The molecule has 0 bridgehead atoms. The van der Waals surface area contributed by atoms with Gasteiger partial charge < -0.3 is 5.73 Å². The van der Waals surface area contributed by atoms with Gasteiger partial charge in [-0.25, -0.2) is 0 Å². The summed E-state index contributed by atoms with van der Waals surface area (Å²) < 4.78 is 0. The lowest BCUT2D eigenvalue weighted by molar-refractivity contribution is -0.114. The number of amides is 1. The van der Waals surface area contributed by atoms with Crippen molar-refractivity contribution in [2.75, 3.05) is 0 Å². The van der Waals surface area contributed by atoms with Crippen LogP contribution in [0, 0.1) is 0 Å². The van der Waals surface area contributed by atoms with Crippen LogP contribution in [0.3, 0.4) is 0 Å². The van der Waals surface area contributed by atoms with Gasteiger partial charge in [0, 0.05) is 5.57 Å². The maximum absolute atomic E-state index is 10.2. The van der Waals surface area contributed by atoms with Gasteiger partial charge in [-0.1, -0.05) is 13.0 Å². The minimum Gasteiger partial charge on any atom is -0.366 e. The number of hydrogen-bond acceptors (Lipinski definition) is 1. The number of rotatable bonds is 2. The SMILES string of the molecule is CC/C=C(/C)C(N)=O. The van der Waals surface area contributed by atoms with E-state index >= 15 is 0 Å². The Kier molecular flexibility index (Phi) is 2.92. The van der Waals surface area contributed by atoms with E-state index in [4.69, 9.17) is 5.73 Å². The fourth-order valence-corrected chi connectivity index (χ4v) is 0.407. The predicted octanol–water partition coefficient (Wildman–Crippen LogP) is 0.828. The maximum Gasteiger partial charge on any atom is 0.244 e. The molecule has 0 saturated heterocycles. The number of carbonyl (C=O) groups excluding carboxylic acids is 1. The van der Waals surface area contributed by atoms with E-state index in [1.54, 1.807) is 6.92 Å². The summed E-state index contributed by atoms with van der Waals surface area (Å²) in [5, 5.41) is 0. The third-order valence-electron chi connectivity index (χ3n) is 0.899. The van der Waals surface area contributed by atoms with Crippen LogP contribution < -0.4 is 5.73 Å². The predicted molar refractivity (Wildman–Crippen MR) is 33.2 cm³/mol. The van der Waals surface area contributed by atoms with Crippen molar-refractivity contribution in [2.24, 2.45) is 5.73 Å². The molecule has 0 heterocycles. The van der Waals surface area contributed by atoms with Gasteiger partial charge in [0.1, 0.15) is 0 Å². The first-order valence-electron chi connectivity index (χ1n) is 2.65. The number of allylic oxidation sites excluding steroid dienone is 1. The Balaban J connectivity index is 3.80. The van der Waals surface area contributed by atoms with E-state index in [9.17, 15) is 4.79 Å². The summed E-state index contributed by atoms with van der Waals surface area (Å²) in [5.41, 5.74) is 5.56. The second-order valence-corrected chi connectivity index (χ2v) is 1.66. The topological polar surface area (TPSA) is 43.1 Å². The Morgan fingerprint density at radius 3 is 2.38 bits per heavy atom. The molecular weight excluding hydrogens is 102 g/mol. The molecule has 0 aliphatic rings. The fourth-order valence-electron chi connectivity index (χ4n) is 0.407. The van der Waals surface area contributed by atoms with E-state index in [1.165, 1.54) is 0 Å². The molecule has 2 heteroatoms. The van der Waals surface area contributed by atoms with E-state index in [0.717, 1.165) is 6.42 Å². The van der Waals surface area contributed by atoms with E-state index in [-0.39, 0.29) is 5.91 Å². The summed E-state index contributed by atoms with van der Waals surface area (Å²) in [6.45, 7) is 3.68. The molecule has 0 aromatic carbocycles. The Hall–Kier alpha value is -0.790. The molecule has 0 spiro atoms. The van der Waals surface area contributed by atoms with Gasteiger partial charge in [-0.05, 0) is 13.3 Å². The Labute approximate surface area is 49.4 Å². The lowest BCUT2D eigenvalue weighted by Crippen LogP contribution is -2.11. The van der Waals surface area contributed by atoms with Gasteiger partial charge in [-0.2, -0.15) is 0 Å². The highest BCUT2D eigenvalue weighted by Crippen LogP contribution is 1.91. The highest BCUT2D eigenvalue weighted by atomic mass is 16.1. The van der Waals surface area contributed by atoms with Gasteiger partial charge in [-0.15, -0.1) is 0 Å². The third kappa shape index (κ3) is 2.39. The third-order valence-corrected chi connectivity index (χ3v) is 0.899. The van der Waals surface area contributed by atoms with Gasteiger partial charge in [0.2, 0.25) is 5.91 Å². The van der Waals surface area contributed by atoms with Crippen LogP contribution in [0.1, 0.15) is 20.3 Å². The molecule has 0 aliphatic carbocycles. The average Bonchev–Trinajstić information content (AvgIpc) is 1.67. The highest BCUT2D eigenvalue weighted by molar-refractivity contribution is 5.91. The number of primary amides is 1. The van der Waals surface area contributed by atoms with Crippen molar-refractivity contribution in [1.82, 2.24) is 0 Å². The minimum atomic E-state index is -0.327. The number of nitrogens with two attached hydrogens (primary N) is 1. The van der Waals surface area contributed by atoms with Crippen LogP contribution in [0.5, 0.6) is 0 Å². The molecule has 1 amide bonds. The summed E-state index contributed by atoms with van der Waals surface area (Å²) in [6, 6.07) is 0. The standard InChI is InChI=1S/C6H11NO/c1-3-4-5(2)6(7)8/h4H,3H2,1-2H3,(H2,7,8)/b5-4-. The van der Waals surface area contributed by atoms with E-state index < -0.39 is 0 Å². The van der Waals surface area contributed by atoms with E-state index in [2.05, 4.69) is 0 Å². The smallest absolute Gasteiger partial charge is 0.244 e. The molecule has 0 rings (SSSR count). The first-order valence-corrected chi connectivity index (χ1v) is 2.65. The second kappa shape index (κ2) is 3.24. The fraction of sp³-hybridized carbons (Fsp3) is 0.500. The summed E-state index contributed by atoms with van der Waals surface area (Å²) in [5.74, 6) is -0.327. The van der Waals surface area contributed by atoms with Crippen molar-refractivity contribution in [3.05, 3.63) is 11.6 Å². The van der Waals surface area contributed by atoms with Crippen LogP contribution in [-0.2, 0) is 4.79 Å². The highest BCUT2D eigenvalue weighted by Gasteiger charge is 1.91. The zero-order valence-electron chi connectivity index (χ0n) is 5.27. The molecule has 2 N–H and O–H groups in total. The van der Waals surface area contributed by atoms with Crippen LogP contribution in [0.4, 0.5) is 0 Å². The maximum atomic E-state index is 10.2. The quantitative estimate of drug-likeness (QED) is 0.529. The van der Waals surface area contributed by atoms with Gasteiger partial charge in [0.25, 0.3) is 0 Å². The molecule has 2 nitrogen and oxygen atoms in total. The van der Waals surface area contributed by atoms with Crippen molar-refractivity contribution >= 4 is 5.91 Å². The first kappa shape index (κ1) is 7.21. The van der Waals surface area contributed by atoms with E-state index in [0.29, 0.717) is 5.57 Å². The van der Waals surface area contributed by atoms with Crippen LogP contribution in [0.25, 0.3) is 0 Å². The van der Waals surface area contributed by atoms with Crippen molar-refractivity contribution in [3.8, 4) is 0 Å². The molecule has 0 saturated carbocycles. The molecule has 0 radical (unpaired) electrons. The Morgan fingerprint density at radius 1 is 1.75 bits per heavy atom. The molecule has 46 valence electrons. The summed E-state index contributed by atoms with van der Waals surface area (Å²) in [4.78, 5) is 10.2. The zero-order valence-corrected chi connectivity index (χ0v) is 5.27. The zero-order chi connectivity index (χ0) is 6.57. The molecular formula is C6H11NO. The summed E-state index contributed by atoms with van der Waals surface area (Å²) >= 11 is 0. The molecule has 0 aliphatic heterocycles. The second-order valence-electron chi connectivity index (χ2n) is 1.66. The number of carbonyl (C=O) groups is 1. The Morgan fingerprint density at radius 2 is 2.25 bits per heavy atom. The lowest BCUT2D eigenvalue weighted by Gasteiger charge is -1.88. The molecule has 0 aromatic heterocycles. The molecule has 0 unspecified atom stereocenters. The Bertz CT molecular complexity index is 116. The average molecular weight is 113 g/mol. The summed E-state index contributed by atoms with van der Waals surface area (Å²) in [6.07, 6.45) is 2.68. The van der Waals surface area contributed by atoms with Crippen molar-refractivity contribution in [1.29, 1.82) is 0 Å². The lowest BCUT2D eigenvalue weighted by atomic mass is 10.2. The van der Waals surface area contributed by atoms with Crippen molar-refractivity contribution in [3.63, 3.8) is 0 Å². The van der Waals surface area contributed by atoms with Crippen LogP contribution in [0.2, 0.25) is 0 Å². The summed E-state index contributed by atoms with van der Waals surface area (Å²) in [7, 11) is 0. The van der Waals surface area contributed by atoms with Crippen LogP contribution >= 0.6 is 0 Å². The van der Waals surface area contributed by atoms with Crippen LogP contribution in [0.15, 0.2) is 11.6 Å². The van der Waals surface area contributed by atoms with E-state index in [1.807, 2.05) is 13.0 Å². The minimum absolute atomic E-state index is 0.327. The van der Waals surface area contributed by atoms with Gasteiger partial charge >= 0.3 is 0 Å².